The van der Waals surface area contributed by atoms with Crippen molar-refractivity contribution >= 4 is 53.2 Å². The van der Waals surface area contributed by atoms with Crippen LogP contribution >= 0.6 is 0 Å². The molecule has 1 aliphatic rings. The van der Waals surface area contributed by atoms with Gasteiger partial charge in [0, 0.05) is 24.9 Å². The summed E-state index contributed by atoms with van der Waals surface area (Å²) in [4.78, 5) is 127. The van der Waals surface area contributed by atoms with Crippen molar-refractivity contribution < 1.29 is 53.4 Å². The first kappa shape index (κ1) is 56.4. The summed E-state index contributed by atoms with van der Waals surface area (Å²) < 4.78 is 0. The number of carbonyl (C=O) groups is 9. The van der Waals surface area contributed by atoms with Gasteiger partial charge in [-0.3, -0.25) is 38.4 Å². The van der Waals surface area contributed by atoms with E-state index in [0.29, 0.717) is 37.9 Å². The van der Waals surface area contributed by atoms with Gasteiger partial charge in [-0.1, -0.05) is 48.0 Å². The maximum Gasteiger partial charge on any atom is 0.326 e. The number of carboxylic acids is 1. The topological polar surface area (TPSA) is 362 Å². The van der Waals surface area contributed by atoms with E-state index in [1.54, 1.807) is 20.8 Å². The van der Waals surface area contributed by atoms with Gasteiger partial charge in [0.15, 0.2) is 0 Å². The van der Waals surface area contributed by atoms with E-state index in [1.807, 2.05) is 20.8 Å². The number of amides is 8. The van der Waals surface area contributed by atoms with Gasteiger partial charge in [0.25, 0.3) is 0 Å². The molecule has 1 fully saturated rings. The summed E-state index contributed by atoms with van der Waals surface area (Å²) in [7, 11) is 0. The van der Waals surface area contributed by atoms with Crippen molar-refractivity contribution in [1.29, 1.82) is 0 Å². The van der Waals surface area contributed by atoms with Crippen molar-refractivity contribution in [2.75, 3.05) is 26.2 Å². The third kappa shape index (κ3) is 18.7. The van der Waals surface area contributed by atoms with Crippen LogP contribution in [-0.4, -0.2) is 153 Å². The van der Waals surface area contributed by atoms with Crippen LogP contribution in [0.2, 0.25) is 0 Å². The first-order valence-electron chi connectivity index (χ1n) is 22.8. The maximum atomic E-state index is 14.2. The fourth-order valence-corrected chi connectivity index (χ4v) is 7.20. The van der Waals surface area contributed by atoms with E-state index in [1.165, 1.54) is 24.3 Å². The van der Waals surface area contributed by atoms with Gasteiger partial charge in [0.05, 0.1) is 25.5 Å². The van der Waals surface area contributed by atoms with Gasteiger partial charge < -0.3 is 68.8 Å². The van der Waals surface area contributed by atoms with E-state index in [-0.39, 0.29) is 56.4 Å². The number of nitrogens with two attached hydrogens (primary N) is 2. The predicted octanol–water partition coefficient (Wildman–Crippen LogP) is -2.34. The fourth-order valence-electron chi connectivity index (χ4n) is 7.20. The molecule has 8 amide bonds. The van der Waals surface area contributed by atoms with Gasteiger partial charge in [0.2, 0.25) is 47.3 Å². The Morgan fingerprint density at radius 3 is 1.97 bits per heavy atom. The highest BCUT2D eigenvalue weighted by Crippen LogP contribution is 2.21. The summed E-state index contributed by atoms with van der Waals surface area (Å²) in [5, 5.41) is 37.3. The number of hydrogen-bond acceptors (Lipinski definition) is 13. The molecule has 0 radical (unpaired) electrons. The molecule has 66 heavy (non-hydrogen) atoms. The summed E-state index contributed by atoms with van der Waals surface area (Å²) in [6, 6.07) is -9.33. The van der Waals surface area contributed by atoms with Crippen LogP contribution in [0.1, 0.15) is 106 Å². The lowest BCUT2D eigenvalue weighted by atomic mass is 9.99. The van der Waals surface area contributed by atoms with Gasteiger partial charge in [-0.15, -0.1) is 0 Å². The Balaban J connectivity index is 2.19. The average Bonchev–Trinajstić information content (AvgIpc) is 3.98. The van der Waals surface area contributed by atoms with Gasteiger partial charge in [0.1, 0.15) is 42.3 Å². The number of aliphatic hydroxyl groups excluding tert-OH is 1. The summed E-state index contributed by atoms with van der Waals surface area (Å²) in [6.45, 7) is 11.4. The zero-order valence-corrected chi connectivity index (χ0v) is 39.3. The molecule has 1 saturated heterocycles. The summed E-state index contributed by atoms with van der Waals surface area (Å²) in [5.41, 5.74) is 12.2. The quantitative estimate of drug-likeness (QED) is 0.0375. The number of unbranched alkanes of at least 4 members (excludes halogenated alkanes) is 1. The van der Waals surface area contributed by atoms with Crippen molar-refractivity contribution in [1.82, 2.24) is 52.1 Å². The number of likely N-dealkylation sites (tertiary alicyclic amines) is 1. The molecule has 0 bridgehead atoms. The largest absolute Gasteiger partial charge is 0.480 e. The van der Waals surface area contributed by atoms with Crippen LogP contribution in [0.5, 0.6) is 0 Å². The molecule has 0 unspecified atom stereocenters. The van der Waals surface area contributed by atoms with Crippen LogP contribution < -0.4 is 48.7 Å². The Hall–Kier alpha value is -5.68. The first-order valence-corrected chi connectivity index (χ1v) is 22.8. The number of nitrogens with one attached hydrogen (secondary N) is 8. The molecule has 1 aliphatic heterocycles. The minimum Gasteiger partial charge on any atom is -0.480 e. The molecule has 0 saturated carbocycles. The predicted molar refractivity (Wildman–Crippen MR) is 241 cm³/mol. The van der Waals surface area contributed by atoms with Gasteiger partial charge >= 0.3 is 5.97 Å². The number of nitrogens with zero attached hydrogens (tertiary/aromatic N) is 2. The van der Waals surface area contributed by atoms with E-state index in [2.05, 4.69) is 47.2 Å². The first-order chi connectivity index (χ1) is 31.1. The third-order valence-electron chi connectivity index (χ3n) is 11.2. The number of H-pyrrole nitrogens is 1. The smallest absolute Gasteiger partial charge is 0.326 e. The second-order valence-electron chi connectivity index (χ2n) is 17.8. The number of aromatic nitrogens is 2. The van der Waals surface area contributed by atoms with Crippen LogP contribution in [0.15, 0.2) is 12.5 Å². The Bertz CT molecular complexity index is 1780. The lowest BCUT2D eigenvalue weighted by molar-refractivity contribution is -0.143. The van der Waals surface area contributed by atoms with Crippen LogP contribution in [-0.2, 0) is 49.6 Å². The second-order valence-corrected chi connectivity index (χ2v) is 17.8. The molecule has 23 nitrogen and oxygen atoms in total. The van der Waals surface area contributed by atoms with Crippen LogP contribution in [0.3, 0.4) is 0 Å². The number of aliphatic hydroxyl groups is 1. The van der Waals surface area contributed by atoms with Crippen molar-refractivity contribution in [2.45, 2.75) is 155 Å². The van der Waals surface area contributed by atoms with E-state index < -0.39 is 115 Å². The molecule has 2 rings (SSSR count). The van der Waals surface area contributed by atoms with Crippen molar-refractivity contribution in [3.8, 4) is 0 Å². The normalized spacial score (nSPS) is 17.3. The Kier molecular flexibility index (Phi) is 24.3. The van der Waals surface area contributed by atoms with E-state index in [9.17, 15) is 53.4 Å². The summed E-state index contributed by atoms with van der Waals surface area (Å²) in [6.07, 6.45) is 5.41. The summed E-state index contributed by atoms with van der Waals surface area (Å²) in [5.74, 6) is -7.24. The fraction of sp³-hybridized carbons (Fsp3) is 0.721. The number of aromatic amines is 1. The third-order valence-corrected chi connectivity index (χ3v) is 11.2. The molecule has 1 aromatic heterocycles. The molecule has 372 valence electrons. The lowest BCUT2D eigenvalue weighted by Gasteiger charge is -2.31. The van der Waals surface area contributed by atoms with Gasteiger partial charge in [-0.2, -0.15) is 0 Å². The SMILES string of the molecule is CC[C@H](C)[C@H](N)C(=O)N[C@@H](CO)C(=O)N[C@@H](CCCCN)C(=O)N[C@@H](CC(C)C)C(=O)N1CCC[C@H]1C(=O)N[C@@H](C)C(=O)N[C@@H](Cc1cnc[nH]1)C(=O)NCC(=O)N[C@@H](CC(C)C)C(=O)O. The molecule has 0 aliphatic carbocycles. The average molecular weight is 935 g/mol. The number of aliphatic carboxylic acids is 1. The van der Waals surface area contributed by atoms with E-state index >= 15 is 0 Å². The van der Waals surface area contributed by atoms with Crippen molar-refractivity contribution in [3.05, 3.63) is 18.2 Å². The highest BCUT2D eigenvalue weighted by atomic mass is 16.4. The molecular weight excluding hydrogens is 861 g/mol. The number of imidazole rings is 1. The number of carboxylic acid groups (broad SMARTS) is 1. The highest BCUT2D eigenvalue weighted by Gasteiger charge is 2.40. The molecule has 23 heteroatoms. The number of hydrogen-bond donors (Lipinski definition) is 12. The zero-order chi connectivity index (χ0) is 49.7. The highest BCUT2D eigenvalue weighted by molar-refractivity contribution is 5.98. The Morgan fingerprint density at radius 2 is 1.39 bits per heavy atom. The van der Waals surface area contributed by atoms with Crippen molar-refractivity contribution in [3.63, 3.8) is 0 Å². The monoisotopic (exact) mass is 935 g/mol. The standard InChI is InChI=1S/C43H74N12O11/c1-8-25(6)35(45)41(63)54-32(21-56)39(61)51-28(12-9-10-14-44)38(60)53-30(16-23(2)3)42(64)55-15-11-13-33(55)40(62)49-26(7)36(58)52-29(18-27-19-46-22-48-27)37(59)47-20-34(57)50-31(43(65)66)17-24(4)5/h19,22-26,28-33,35,56H,8-18,20-21,44-45H2,1-7H3,(H,46,48)(H,47,59)(H,49,62)(H,50,57)(H,51,61)(H,52,58)(H,53,60)(H,54,63)(H,65,66)/t25-,26-,28-,29-,30-,31-,32-,33-,35-/m0/s1. The molecule has 0 aromatic carbocycles. The van der Waals surface area contributed by atoms with Crippen LogP contribution in [0.25, 0.3) is 0 Å². The molecule has 1 aromatic rings. The minimum absolute atomic E-state index is 0.0295. The minimum atomic E-state index is -1.41. The number of rotatable bonds is 29. The van der Waals surface area contributed by atoms with Crippen LogP contribution in [0, 0.1) is 17.8 Å². The number of carbonyl (C=O) groups excluding carboxylic acids is 8. The zero-order valence-electron chi connectivity index (χ0n) is 39.3. The lowest BCUT2D eigenvalue weighted by Crippen LogP contribution is -2.60. The van der Waals surface area contributed by atoms with Crippen LogP contribution in [0.4, 0.5) is 0 Å². The Labute approximate surface area is 386 Å². The molecule has 14 N–H and O–H groups in total. The van der Waals surface area contributed by atoms with E-state index in [0.717, 1.165) is 0 Å². The van der Waals surface area contributed by atoms with Gasteiger partial charge in [-0.25, -0.2) is 9.78 Å². The van der Waals surface area contributed by atoms with Gasteiger partial charge in [-0.05, 0) is 76.2 Å². The second kappa shape index (κ2) is 28.4. The molecule has 2 heterocycles. The van der Waals surface area contributed by atoms with E-state index in [4.69, 9.17) is 11.5 Å². The summed E-state index contributed by atoms with van der Waals surface area (Å²) >= 11 is 0. The Morgan fingerprint density at radius 1 is 0.788 bits per heavy atom. The molecular formula is C43H74N12O11. The molecule has 0 spiro atoms. The van der Waals surface area contributed by atoms with Crippen molar-refractivity contribution in [2.24, 2.45) is 29.2 Å². The maximum absolute atomic E-state index is 14.2. The molecule has 9 atom stereocenters.